The third-order valence-electron chi connectivity index (χ3n) is 11.9. The van der Waals surface area contributed by atoms with Crippen LogP contribution in [0.5, 0.6) is 5.75 Å². The van der Waals surface area contributed by atoms with E-state index in [1.165, 1.54) is 51.4 Å². The number of hydrogen-bond acceptors (Lipinski definition) is 5. The average Bonchev–Trinajstić information content (AvgIpc) is 3.37. The number of aromatic nitrogens is 3. The Bertz CT molecular complexity index is 1580. The van der Waals surface area contributed by atoms with E-state index in [1.807, 2.05) is 47.5 Å². The molecule has 5 unspecified atom stereocenters. The van der Waals surface area contributed by atoms with Gasteiger partial charge in [0.2, 0.25) is 0 Å². The molecule has 2 fully saturated rings. The second-order valence-corrected chi connectivity index (χ2v) is 16.0. The maximum absolute atomic E-state index is 13.9. The number of fused-ring (bicyclic) bond motifs is 3. The van der Waals surface area contributed by atoms with Crippen molar-refractivity contribution in [1.29, 1.82) is 0 Å². The summed E-state index contributed by atoms with van der Waals surface area (Å²) in [5.74, 6) is 3.04. The SMILES string of the molecule is CCC(C)CCC(CC1(C)CC1)C(CC)CCCOC1CCCC1Oc1ccccc1C(=O)N1Cc2nn3c(C)c(Cl)c(C)nc3c2C1. The summed E-state index contributed by atoms with van der Waals surface area (Å²) < 4.78 is 15.0. The molecule has 0 saturated heterocycles. The van der Waals surface area contributed by atoms with Crippen LogP contribution in [0.15, 0.2) is 24.3 Å². The molecule has 1 amide bonds. The fraction of sp³-hybridized carbons (Fsp3) is 0.675. The van der Waals surface area contributed by atoms with Crippen molar-refractivity contribution >= 4 is 23.2 Å². The highest BCUT2D eigenvalue weighted by Gasteiger charge is 2.40. The molecule has 0 N–H and O–H groups in total. The molecule has 0 radical (unpaired) electrons. The standard InChI is InChI=1S/C40H57ClN4O3/c1-7-26(3)18-19-30(23-40(6)20-21-40)29(8-2)13-12-22-47-35-16-11-17-36(35)48-34-15-10-9-14-31(34)39(46)44-24-32-33(25-44)43-45-28(5)37(41)27(4)42-38(32)45/h9-10,14-15,26,29-30,35-36H,7-8,11-13,16-25H2,1-6H3. The lowest BCUT2D eigenvalue weighted by molar-refractivity contribution is -0.0114. The quantitative estimate of drug-likeness (QED) is 0.141. The van der Waals surface area contributed by atoms with Crippen LogP contribution in [0.4, 0.5) is 0 Å². The third kappa shape index (κ3) is 7.72. The molecule has 1 aromatic carbocycles. The summed E-state index contributed by atoms with van der Waals surface area (Å²) in [5.41, 5.74) is 5.47. The Hall–Kier alpha value is -2.64. The molecule has 3 aromatic rings. The van der Waals surface area contributed by atoms with Gasteiger partial charge in [0.15, 0.2) is 5.65 Å². The summed E-state index contributed by atoms with van der Waals surface area (Å²) in [6.45, 7) is 15.2. The number of halogens is 1. The van der Waals surface area contributed by atoms with Crippen molar-refractivity contribution < 1.29 is 14.3 Å². The van der Waals surface area contributed by atoms with Crippen molar-refractivity contribution in [3.8, 4) is 5.75 Å². The number of carbonyl (C=O) groups is 1. The summed E-state index contributed by atoms with van der Waals surface area (Å²) in [4.78, 5) is 20.5. The van der Waals surface area contributed by atoms with E-state index in [9.17, 15) is 4.79 Å². The highest BCUT2D eigenvalue weighted by molar-refractivity contribution is 6.31. The molecule has 262 valence electrons. The molecule has 3 aliphatic rings. The first-order valence-electron chi connectivity index (χ1n) is 18.8. The topological polar surface area (TPSA) is 69.0 Å². The minimum absolute atomic E-state index is 0.0427. The molecular formula is C40H57ClN4O3. The van der Waals surface area contributed by atoms with E-state index >= 15 is 0 Å². The number of ether oxygens (including phenoxy) is 2. The number of benzene rings is 1. The average molecular weight is 677 g/mol. The number of hydrogen-bond donors (Lipinski definition) is 0. The smallest absolute Gasteiger partial charge is 0.258 e. The first kappa shape index (κ1) is 35.2. The summed E-state index contributed by atoms with van der Waals surface area (Å²) >= 11 is 6.43. The van der Waals surface area contributed by atoms with Crippen LogP contribution >= 0.6 is 11.6 Å². The second-order valence-electron chi connectivity index (χ2n) is 15.6. The fourth-order valence-electron chi connectivity index (χ4n) is 8.16. The Morgan fingerprint density at radius 1 is 1.04 bits per heavy atom. The molecule has 2 aliphatic carbocycles. The van der Waals surface area contributed by atoms with Gasteiger partial charge >= 0.3 is 0 Å². The maximum atomic E-state index is 13.9. The van der Waals surface area contributed by atoms with Crippen molar-refractivity contribution in [2.24, 2.45) is 23.2 Å². The Balaban J connectivity index is 1.04. The van der Waals surface area contributed by atoms with E-state index in [-0.39, 0.29) is 18.1 Å². The lowest BCUT2D eigenvalue weighted by Gasteiger charge is -2.30. The molecule has 0 spiro atoms. The van der Waals surface area contributed by atoms with Gasteiger partial charge in [-0.05, 0) is 107 Å². The van der Waals surface area contributed by atoms with Gasteiger partial charge in [-0.1, -0.05) is 70.7 Å². The molecule has 1 aliphatic heterocycles. The van der Waals surface area contributed by atoms with E-state index in [4.69, 9.17) is 31.2 Å². The summed E-state index contributed by atoms with van der Waals surface area (Å²) in [7, 11) is 0. The zero-order valence-electron chi connectivity index (χ0n) is 30.2. The number of carbonyl (C=O) groups excluding carboxylic acids is 1. The summed E-state index contributed by atoms with van der Waals surface area (Å²) in [6, 6.07) is 7.67. The Morgan fingerprint density at radius 2 is 1.81 bits per heavy atom. The molecule has 2 saturated carbocycles. The largest absolute Gasteiger partial charge is 0.487 e. The van der Waals surface area contributed by atoms with E-state index in [2.05, 4.69) is 27.7 Å². The molecular weight excluding hydrogens is 620 g/mol. The molecule has 0 bridgehead atoms. The van der Waals surface area contributed by atoms with E-state index in [0.29, 0.717) is 34.8 Å². The molecule has 8 heteroatoms. The first-order chi connectivity index (χ1) is 23.1. The van der Waals surface area contributed by atoms with Crippen LogP contribution in [0.25, 0.3) is 5.65 Å². The Labute approximate surface area is 293 Å². The van der Waals surface area contributed by atoms with Crippen LogP contribution in [-0.2, 0) is 17.8 Å². The van der Waals surface area contributed by atoms with Gasteiger partial charge in [0.05, 0.1) is 46.9 Å². The zero-order valence-corrected chi connectivity index (χ0v) is 31.0. The fourth-order valence-corrected chi connectivity index (χ4v) is 8.29. The van der Waals surface area contributed by atoms with Gasteiger partial charge in [0, 0.05) is 12.2 Å². The number of aryl methyl sites for hydroxylation is 2. The second kappa shape index (κ2) is 15.1. The highest BCUT2D eigenvalue weighted by Crippen LogP contribution is 2.52. The van der Waals surface area contributed by atoms with E-state index < -0.39 is 0 Å². The van der Waals surface area contributed by atoms with E-state index in [0.717, 1.165) is 78.3 Å². The van der Waals surface area contributed by atoms with Crippen LogP contribution in [0, 0.1) is 37.0 Å². The summed E-state index contributed by atoms with van der Waals surface area (Å²) in [5, 5.41) is 5.39. The molecule has 2 aromatic heterocycles. The lowest BCUT2D eigenvalue weighted by Crippen LogP contribution is -2.31. The van der Waals surface area contributed by atoms with E-state index in [1.54, 1.807) is 0 Å². The number of para-hydroxylation sites is 1. The van der Waals surface area contributed by atoms with Crippen LogP contribution in [-0.4, -0.2) is 44.2 Å². The molecule has 5 atom stereocenters. The van der Waals surface area contributed by atoms with Gasteiger partial charge in [0.25, 0.3) is 5.91 Å². The van der Waals surface area contributed by atoms with Gasteiger partial charge in [-0.25, -0.2) is 9.50 Å². The minimum atomic E-state index is -0.0480. The van der Waals surface area contributed by atoms with Gasteiger partial charge < -0.3 is 14.4 Å². The minimum Gasteiger partial charge on any atom is -0.487 e. The zero-order chi connectivity index (χ0) is 34.0. The predicted octanol–water partition coefficient (Wildman–Crippen LogP) is 9.91. The van der Waals surface area contributed by atoms with Crippen molar-refractivity contribution in [2.75, 3.05) is 6.61 Å². The van der Waals surface area contributed by atoms with Crippen molar-refractivity contribution in [2.45, 2.75) is 144 Å². The first-order valence-corrected chi connectivity index (χ1v) is 19.2. The predicted molar refractivity (Wildman–Crippen MR) is 193 cm³/mol. The van der Waals surface area contributed by atoms with Gasteiger partial charge in [-0.2, -0.15) is 5.10 Å². The Kier molecular flexibility index (Phi) is 11.1. The third-order valence-corrected chi connectivity index (χ3v) is 12.4. The van der Waals surface area contributed by atoms with Gasteiger partial charge in [0.1, 0.15) is 11.9 Å². The van der Waals surface area contributed by atoms with Crippen LogP contribution < -0.4 is 4.74 Å². The molecule has 6 rings (SSSR count). The monoisotopic (exact) mass is 676 g/mol. The lowest BCUT2D eigenvalue weighted by atomic mass is 9.76. The number of amides is 1. The number of rotatable bonds is 16. The maximum Gasteiger partial charge on any atom is 0.258 e. The number of nitrogens with zero attached hydrogens (tertiary/aromatic N) is 4. The van der Waals surface area contributed by atoms with Crippen LogP contribution in [0.2, 0.25) is 5.02 Å². The van der Waals surface area contributed by atoms with Gasteiger partial charge in [-0.3, -0.25) is 4.79 Å². The summed E-state index contributed by atoms with van der Waals surface area (Å²) in [6.07, 6.45) is 14.9. The molecule has 3 heterocycles. The van der Waals surface area contributed by atoms with Gasteiger partial charge in [-0.15, -0.1) is 0 Å². The molecule has 7 nitrogen and oxygen atoms in total. The molecule has 48 heavy (non-hydrogen) atoms. The van der Waals surface area contributed by atoms with Crippen LogP contribution in [0.1, 0.15) is 138 Å². The van der Waals surface area contributed by atoms with Crippen LogP contribution in [0.3, 0.4) is 0 Å². The van der Waals surface area contributed by atoms with Crippen molar-refractivity contribution in [1.82, 2.24) is 19.5 Å². The van der Waals surface area contributed by atoms with Crippen molar-refractivity contribution in [3.63, 3.8) is 0 Å². The normalized spacial score (nSPS) is 21.8. The highest BCUT2D eigenvalue weighted by atomic mass is 35.5. The Morgan fingerprint density at radius 3 is 2.56 bits per heavy atom. The van der Waals surface area contributed by atoms with Crippen molar-refractivity contribution in [3.05, 3.63) is 57.5 Å².